The zero-order chi connectivity index (χ0) is 23.1. The van der Waals surface area contributed by atoms with Crippen LogP contribution in [0.1, 0.15) is 31.4 Å². The molecule has 172 valence electrons. The number of nitrogens with zero attached hydrogens (tertiary/aromatic N) is 2. The van der Waals surface area contributed by atoms with Crippen molar-refractivity contribution in [1.29, 1.82) is 0 Å². The van der Waals surface area contributed by atoms with Crippen molar-refractivity contribution >= 4 is 27.5 Å². The van der Waals surface area contributed by atoms with Gasteiger partial charge >= 0.3 is 0 Å². The Morgan fingerprint density at radius 3 is 2.25 bits per heavy atom. The van der Waals surface area contributed by atoms with Gasteiger partial charge in [-0.2, -0.15) is 0 Å². The van der Waals surface area contributed by atoms with Gasteiger partial charge in [-0.1, -0.05) is 24.3 Å². The van der Waals surface area contributed by atoms with E-state index in [1.54, 1.807) is 18.1 Å². The largest absolute Gasteiger partial charge is 0.497 e. The number of rotatable bonds is 9. The summed E-state index contributed by atoms with van der Waals surface area (Å²) in [5.74, 6) is 0.715. The number of hydrogen-bond acceptors (Lipinski definition) is 5. The van der Waals surface area contributed by atoms with Crippen molar-refractivity contribution < 1.29 is 17.9 Å². The van der Waals surface area contributed by atoms with Gasteiger partial charge in [0.05, 0.1) is 18.6 Å². The van der Waals surface area contributed by atoms with Gasteiger partial charge in [-0.15, -0.1) is 0 Å². The summed E-state index contributed by atoms with van der Waals surface area (Å²) in [4.78, 5) is 17.1. The van der Waals surface area contributed by atoms with Crippen LogP contribution in [0.15, 0.2) is 54.6 Å². The molecule has 2 aromatic rings. The quantitative estimate of drug-likeness (QED) is 0.538. The second-order valence-electron chi connectivity index (χ2n) is 7.97. The van der Waals surface area contributed by atoms with Crippen molar-refractivity contribution in [2.75, 3.05) is 36.6 Å². The number of methoxy groups -OCH3 is 1. The summed E-state index contributed by atoms with van der Waals surface area (Å²) in [6.45, 7) is 6.47. The molecule has 6 nitrogen and oxygen atoms in total. The van der Waals surface area contributed by atoms with E-state index in [0.29, 0.717) is 13.0 Å². The zero-order valence-electron chi connectivity index (χ0n) is 19.0. The third-order valence-electron chi connectivity index (χ3n) is 5.88. The first-order valence-electron chi connectivity index (χ1n) is 11.0. The average molecular weight is 457 g/mol. The molecule has 1 saturated heterocycles. The van der Waals surface area contributed by atoms with Crippen LogP contribution in [0, 0.1) is 0 Å². The lowest BCUT2D eigenvalue weighted by molar-refractivity contribution is -0.128. The fraction of sp³-hybridized carbons (Fsp3) is 0.400. The van der Waals surface area contributed by atoms with Gasteiger partial charge in [0, 0.05) is 37.4 Å². The van der Waals surface area contributed by atoms with E-state index in [1.165, 1.54) is 6.08 Å². The lowest BCUT2D eigenvalue weighted by Crippen LogP contribution is -2.39. The van der Waals surface area contributed by atoms with Gasteiger partial charge in [-0.3, -0.25) is 4.79 Å². The molecule has 2 aromatic carbocycles. The Morgan fingerprint density at radius 2 is 1.72 bits per heavy atom. The minimum Gasteiger partial charge on any atom is -0.497 e. The molecule has 0 aliphatic carbocycles. The van der Waals surface area contributed by atoms with Crippen LogP contribution in [0.4, 0.5) is 5.69 Å². The molecular weight excluding hydrogens is 424 g/mol. The van der Waals surface area contributed by atoms with Crippen molar-refractivity contribution in [1.82, 2.24) is 4.90 Å². The average Bonchev–Trinajstić information content (AvgIpc) is 3.17. The second-order valence-corrected chi connectivity index (χ2v) is 10.2. The molecule has 1 amide bonds. The van der Waals surface area contributed by atoms with E-state index >= 15 is 0 Å². The van der Waals surface area contributed by atoms with Gasteiger partial charge in [0.1, 0.15) is 5.75 Å². The van der Waals surface area contributed by atoms with Crippen molar-refractivity contribution in [2.24, 2.45) is 0 Å². The fourth-order valence-electron chi connectivity index (χ4n) is 3.98. The Hall–Kier alpha value is -2.80. The molecule has 1 aliphatic rings. The molecule has 0 N–H and O–H groups in total. The SMILES string of the molecule is CCN(CC)c1ccc(CN(C(=O)C=Cc2ccc(OC)cc2)C2CCS(=O)(=O)C2)cc1. The molecule has 1 heterocycles. The van der Waals surface area contributed by atoms with Crippen LogP contribution < -0.4 is 9.64 Å². The Morgan fingerprint density at radius 1 is 1.06 bits per heavy atom. The van der Waals surface area contributed by atoms with Gasteiger partial charge in [-0.25, -0.2) is 8.42 Å². The molecule has 0 spiro atoms. The number of ether oxygens (including phenoxy) is 1. The van der Waals surface area contributed by atoms with Crippen LogP contribution in [-0.2, 0) is 21.2 Å². The monoisotopic (exact) mass is 456 g/mol. The number of anilines is 1. The van der Waals surface area contributed by atoms with Gasteiger partial charge in [0.25, 0.3) is 0 Å². The van der Waals surface area contributed by atoms with E-state index in [-0.39, 0.29) is 23.5 Å². The Kier molecular flexibility index (Phi) is 7.96. The summed E-state index contributed by atoms with van der Waals surface area (Å²) in [6.07, 6.45) is 3.75. The highest BCUT2D eigenvalue weighted by molar-refractivity contribution is 7.91. The first-order valence-corrected chi connectivity index (χ1v) is 12.8. The van der Waals surface area contributed by atoms with Crippen molar-refractivity contribution in [3.63, 3.8) is 0 Å². The third kappa shape index (κ3) is 6.13. The van der Waals surface area contributed by atoms with Gasteiger partial charge in [0.15, 0.2) is 9.84 Å². The van der Waals surface area contributed by atoms with E-state index < -0.39 is 9.84 Å². The Labute approximate surface area is 191 Å². The van der Waals surface area contributed by atoms with Crippen LogP contribution in [0.2, 0.25) is 0 Å². The first-order chi connectivity index (χ1) is 15.3. The molecule has 32 heavy (non-hydrogen) atoms. The predicted octanol–water partition coefficient (Wildman–Crippen LogP) is 3.77. The number of carbonyl (C=O) groups excluding carboxylic acids is 1. The van der Waals surface area contributed by atoms with Crippen LogP contribution >= 0.6 is 0 Å². The highest BCUT2D eigenvalue weighted by Crippen LogP contribution is 2.23. The number of benzene rings is 2. The lowest BCUT2D eigenvalue weighted by Gasteiger charge is -2.28. The third-order valence-corrected chi connectivity index (χ3v) is 7.63. The molecule has 7 heteroatoms. The predicted molar refractivity (Wildman–Crippen MR) is 130 cm³/mol. The van der Waals surface area contributed by atoms with Gasteiger partial charge in [0.2, 0.25) is 5.91 Å². The highest BCUT2D eigenvalue weighted by atomic mass is 32.2. The lowest BCUT2D eigenvalue weighted by atomic mass is 10.1. The summed E-state index contributed by atoms with van der Waals surface area (Å²) in [5, 5.41) is 0. The number of amides is 1. The van der Waals surface area contributed by atoms with E-state index in [4.69, 9.17) is 4.74 Å². The van der Waals surface area contributed by atoms with E-state index in [9.17, 15) is 13.2 Å². The number of carbonyl (C=O) groups is 1. The van der Waals surface area contributed by atoms with Gasteiger partial charge < -0.3 is 14.5 Å². The molecule has 0 saturated carbocycles. The smallest absolute Gasteiger partial charge is 0.247 e. The van der Waals surface area contributed by atoms with Crippen LogP contribution in [0.25, 0.3) is 6.08 Å². The maximum absolute atomic E-state index is 13.1. The van der Waals surface area contributed by atoms with Crippen LogP contribution in [0.3, 0.4) is 0 Å². The fourth-order valence-corrected chi connectivity index (χ4v) is 5.71. The molecule has 0 radical (unpaired) electrons. The molecule has 1 atom stereocenters. The molecule has 1 aliphatic heterocycles. The maximum Gasteiger partial charge on any atom is 0.247 e. The zero-order valence-corrected chi connectivity index (χ0v) is 19.8. The maximum atomic E-state index is 13.1. The topological polar surface area (TPSA) is 66.9 Å². The minimum atomic E-state index is -3.10. The summed E-state index contributed by atoms with van der Waals surface area (Å²) in [5.41, 5.74) is 3.00. The second kappa shape index (κ2) is 10.7. The normalized spacial score (nSPS) is 17.4. The standard InChI is InChI=1S/C25H32N2O4S/c1-4-26(5-2)22-11-6-21(7-12-22)18-27(23-16-17-32(29,30)19-23)25(28)15-10-20-8-13-24(31-3)14-9-20/h6-15,23H,4-5,16-19H2,1-3H3. The molecule has 1 unspecified atom stereocenters. The summed E-state index contributed by atoms with van der Waals surface area (Å²) < 4.78 is 29.3. The molecule has 0 aromatic heterocycles. The summed E-state index contributed by atoms with van der Waals surface area (Å²) in [6, 6.07) is 15.3. The van der Waals surface area contributed by atoms with Crippen molar-refractivity contribution in [3.8, 4) is 5.75 Å². The van der Waals surface area contributed by atoms with Crippen LogP contribution in [-0.4, -0.2) is 57.0 Å². The van der Waals surface area contributed by atoms with Crippen molar-refractivity contribution in [2.45, 2.75) is 32.9 Å². The molecule has 3 rings (SSSR count). The van der Waals surface area contributed by atoms with Crippen LogP contribution in [0.5, 0.6) is 5.75 Å². The number of hydrogen-bond donors (Lipinski definition) is 0. The Bertz CT molecular complexity index is 1030. The molecular formula is C25H32N2O4S. The van der Waals surface area contributed by atoms with E-state index in [0.717, 1.165) is 35.7 Å². The molecule has 0 bridgehead atoms. The highest BCUT2D eigenvalue weighted by Gasteiger charge is 2.34. The van der Waals surface area contributed by atoms with E-state index in [2.05, 4.69) is 30.9 Å². The van der Waals surface area contributed by atoms with Gasteiger partial charge in [-0.05, 0) is 61.7 Å². The minimum absolute atomic E-state index is 0.0205. The summed E-state index contributed by atoms with van der Waals surface area (Å²) >= 11 is 0. The summed E-state index contributed by atoms with van der Waals surface area (Å²) in [7, 11) is -1.50. The van der Waals surface area contributed by atoms with E-state index in [1.807, 2.05) is 36.4 Å². The Balaban J connectivity index is 1.78. The number of sulfone groups is 1. The molecule has 1 fully saturated rings. The van der Waals surface area contributed by atoms with Crippen molar-refractivity contribution in [3.05, 3.63) is 65.7 Å². The first kappa shape index (κ1) is 23.9.